The van der Waals surface area contributed by atoms with Gasteiger partial charge in [0, 0.05) is 17.7 Å². The SMILES string of the molecule is O=C(NCCCc1cnoc1)c1ccc(-c2ccc(Cl)c(Cl)c2)cc1. The zero-order valence-electron chi connectivity index (χ0n) is 13.3. The highest BCUT2D eigenvalue weighted by molar-refractivity contribution is 6.42. The van der Waals surface area contributed by atoms with Crippen LogP contribution in [0.4, 0.5) is 0 Å². The standard InChI is InChI=1S/C19H16Cl2N2O2/c20-17-8-7-16(10-18(17)21)14-3-5-15(6-4-14)19(24)22-9-1-2-13-11-23-25-12-13/h3-8,10-12H,1-2,9H2,(H,22,24). The average Bonchev–Trinajstić information content (AvgIpc) is 3.14. The lowest BCUT2D eigenvalue weighted by molar-refractivity contribution is 0.0953. The van der Waals surface area contributed by atoms with Crippen LogP contribution in [0.1, 0.15) is 22.3 Å². The third-order valence-corrected chi connectivity index (χ3v) is 4.55. The van der Waals surface area contributed by atoms with Crippen molar-refractivity contribution in [3.8, 4) is 11.1 Å². The van der Waals surface area contributed by atoms with Crippen molar-refractivity contribution in [1.29, 1.82) is 0 Å². The van der Waals surface area contributed by atoms with Gasteiger partial charge in [0.25, 0.3) is 5.91 Å². The molecule has 0 atom stereocenters. The van der Waals surface area contributed by atoms with E-state index in [0.717, 1.165) is 29.5 Å². The number of nitrogens with zero attached hydrogens (tertiary/aromatic N) is 1. The summed E-state index contributed by atoms with van der Waals surface area (Å²) < 4.78 is 4.77. The van der Waals surface area contributed by atoms with Gasteiger partial charge in [-0.2, -0.15) is 0 Å². The number of nitrogens with one attached hydrogen (secondary N) is 1. The van der Waals surface area contributed by atoms with Crippen LogP contribution >= 0.6 is 23.2 Å². The largest absolute Gasteiger partial charge is 0.364 e. The van der Waals surface area contributed by atoms with E-state index in [4.69, 9.17) is 27.7 Å². The maximum Gasteiger partial charge on any atom is 0.251 e. The van der Waals surface area contributed by atoms with Crippen LogP contribution in [0.3, 0.4) is 0 Å². The van der Waals surface area contributed by atoms with E-state index in [2.05, 4.69) is 10.5 Å². The summed E-state index contributed by atoms with van der Waals surface area (Å²) in [5.74, 6) is -0.0917. The number of rotatable bonds is 6. The van der Waals surface area contributed by atoms with Crippen LogP contribution < -0.4 is 5.32 Å². The monoisotopic (exact) mass is 374 g/mol. The lowest BCUT2D eigenvalue weighted by atomic mass is 10.0. The van der Waals surface area contributed by atoms with E-state index in [1.54, 1.807) is 30.7 Å². The van der Waals surface area contributed by atoms with E-state index in [-0.39, 0.29) is 5.91 Å². The molecule has 0 unspecified atom stereocenters. The normalized spacial score (nSPS) is 10.6. The number of halogens is 2. The molecule has 128 valence electrons. The molecule has 1 heterocycles. The second kappa shape index (κ2) is 8.19. The summed E-state index contributed by atoms with van der Waals surface area (Å²) >= 11 is 12.0. The highest BCUT2D eigenvalue weighted by Crippen LogP contribution is 2.28. The lowest BCUT2D eigenvalue weighted by Gasteiger charge is -2.07. The number of amides is 1. The van der Waals surface area contributed by atoms with E-state index < -0.39 is 0 Å². The molecule has 0 saturated heterocycles. The predicted molar refractivity (Wildman–Crippen MR) is 99.1 cm³/mol. The van der Waals surface area contributed by atoms with Gasteiger partial charge in [0.1, 0.15) is 6.26 Å². The van der Waals surface area contributed by atoms with Gasteiger partial charge in [0.15, 0.2) is 0 Å². The van der Waals surface area contributed by atoms with Crippen molar-refractivity contribution in [2.45, 2.75) is 12.8 Å². The van der Waals surface area contributed by atoms with Crippen LogP contribution in [0.2, 0.25) is 10.0 Å². The molecule has 3 aromatic rings. The fourth-order valence-electron chi connectivity index (χ4n) is 2.44. The number of aryl methyl sites for hydroxylation is 1. The van der Waals surface area contributed by atoms with Crippen molar-refractivity contribution in [3.05, 3.63) is 76.1 Å². The first kappa shape index (κ1) is 17.5. The third kappa shape index (κ3) is 4.62. The smallest absolute Gasteiger partial charge is 0.251 e. The molecular formula is C19H16Cl2N2O2. The van der Waals surface area contributed by atoms with Gasteiger partial charge in [-0.15, -0.1) is 0 Å². The molecule has 1 N–H and O–H groups in total. The summed E-state index contributed by atoms with van der Waals surface area (Å²) in [6, 6.07) is 12.9. The Morgan fingerprint density at radius 3 is 2.48 bits per heavy atom. The Morgan fingerprint density at radius 1 is 1.04 bits per heavy atom. The van der Waals surface area contributed by atoms with Gasteiger partial charge in [0.2, 0.25) is 0 Å². The van der Waals surface area contributed by atoms with Crippen LogP contribution in [0.15, 0.2) is 59.4 Å². The first-order chi connectivity index (χ1) is 12.1. The molecule has 6 heteroatoms. The first-order valence-electron chi connectivity index (χ1n) is 7.85. The molecule has 2 aromatic carbocycles. The fourth-order valence-corrected chi connectivity index (χ4v) is 2.73. The van der Waals surface area contributed by atoms with Gasteiger partial charge in [-0.3, -0.25) is 4.79 Å². The van der Waals surface area contributed by atoms with Crippen LogP contribution in [-0.4, -0.2) is 17.6 Å². The van der Waals surface area contributed by atoms with Crippen molar-refractivity contribution < 1.29 is 9.32 Å². The summed E-state index contributed by atoms with van der Waals surface area (Å²) in [5.41, 5.74) is 3.58. The van der Waals surface area contributed by atoms with E-state index in [1.807, 2.05) is 24.3 Å². The van der Waals surface area contributed by atoms with Crippen molar-refractivity contribution in [2.75, 3.05) is 6.54 Å². The van der Waals surface area contributed by atoms with Crippen LogP contribution in [-0.2, 0) is 6.42 Å². The second-order valence-electron chi connectivity index (χ2n) is 5.60. The zero-order valence-corrected chi connectivity index (χ0v) is 14.8. The molecule has 0 fully saturated rings. The van der Waals surface area contributed by atoms with Gasteiger partial charge >= 0.3 is 0 Å². The Kier molecular flexibility index (Phi) is 5.74. The maximum absolute atomic E-state index is 12.2. The molecule has 4 nitrogen and oxygen atoms in total. The summed E-state index contributed by atoms with van der Waals surface area (Å²) in [7, 11) is 0. The maximum atomic E-state index is 12.2. The Balaban J connectivity index is 1.55. The minimum Gasteiger partial charge on any atom is -0.364 e. The van der Waals surface area contributed by atoms with Gasteiger partial charge in [0.05, 0.1) is 16.2 Å². The number of carbonyl (C=O) groups is 1. The Bertz CT molecular complexity index is 846. The highest BCUT2D eigenvalue weighted by Gasteiger charge is 2.07. The van der Waals surface area contributed by atoms with E-state index >= 15 is 0 Å². The van der Waals surface area contributed by atoms with Gasteiger partial charge in [-0.25, -0.2) is 0 Å². The van der Waals surface area contributed by atoms with Crippen molar-refractivity contribution in [1.82, 2.24) is 10.5 Å². The highest BCUT2D eigenvalue weighted by atomic mass is 35.5. The Labute approximate surface area is 155 Å². The molecule has 0 radical (unpaired) electrons. The number of carbonyl (C=O) groups excluding carboxylic acids is 1. The second-order valence-corrected chi connectivity index (χ2v) is 6.41. The van der Waals surface area contributed by atoms with Crippen molar-refractivity contribution in [3.63, 3.8) is 0 Å². The predicted octanol–water partition coefficient (Wildman–Crippen LogP) is 5.01. The molecular weight excluding hydrogens is 359 g/mol. The van der Waals surface area contributed by atoms with Gasteiger partial charge in [-0.05, 0) is 48.2 Å². The van der Waals surface area contributed by atoms with E-state index in [0.29, 0.717) is 22.2 Å². The number of hydrogen-bond acceptors (Lipinski definition) is 3. The number of hydrogen-bond donors (Lipinski definition) is 1. The van der Waals surface area contributed by atoms with Crippen LogP contribution in [0.25, 0.3) is 11.1 Å². The quantitative estimate of drug-likeness (QED) is 0.616. The average molecular weight is 375 g/mol. The first-order valence-corrected chi connectivity index (χ1v) is 8.61. The van der Waals surface area contributed by atoms with Crippen molar-refractivity contribution in [2.24, 2.45) is 0 Å². The van der Waals surface area contributed by atoms with Crippen molar-refractivity contribution >= 4 is 29.1 Å². The zero-order chi connectivity index (χ0) is 17.6. The Hall–Kier alpha value is -2.30. The summed E-state index contributed by atoms with van der Waals surface area (Å²) in [4.78, 5) is 12.2. The number of aromatic nitrogens is 1. The molecule has 25 heavy (non-hydrogen) atoms. The molecule has 3 rings (SSSR count). The molecule has 0 aliphatic heterocycles. The molecule has 0 saturated carbocycles. The summed E-state index contributed by atoms with van der Waals surface area (Å²) in [6.07, 6.45) is 4.95. The third-order valence-electron chi connectivity index (χ3n) is 3.81. The minimum absolute atomic E-state index is 0.0917. The van der Waals surface area contributed by atoms with Crippen LogP contribution in [0.5, 0.6) is 0 Å². The molecule has 1 aromatic heterocycles. The molecule has 0 bridgehead atoms. The lowest BCUT2D eigenvalue weighted by Crippen LogP contribution is -2.24. The van der Waals surface area contributed by atoms with Gasteiger partial charge < -0.3 is 9.84 Å². The van der Waals surface area contributed by atoms with Gasteiger partial charge in [-0.1, -0.05) is 46.6 Å². The molecule has 0 spiro atoms. The summed E-state index contributed by atoms with van der Waals surface area (Å²) in [6.45, 7) is 0.596. The Morgan fingerprint density at radius 2 is 1.80 bits per heavy atom. The summed E-state index contributed by atoms with van der Waals surface area (Å²) in [5, 5.41) is 7.59. The van der Waals surface area contributed by atoms with E-state index in [1.165, 1.54) is 0 Å². The van der Waals surface area contributed by atoms with Crippen LogP contribution in [0, 0.1) is 0 Å². The number of benzene rings is 2. The topological polar surface area (TPSA) is 55.1 Å². The molecule has 0 aliphatic rings. The van der Waals surface area contributed by atoms with E-state index in [9.17, 15) is 4.79 Å². The molecule has 0 aliphatic carbocycles. The fraction of sp³-hybridized carbons (Fsp3) is 0.158. The molecule has 1 amide bonds. The minimum atomic E-state index is -0.0917.